The molecule has 7 aliphatic heterocycles. The summed E-state index contributed by atoms with van der Waals surface area (Å²) in [6.45, 7) is 20.4. The van der Waals surface area contributed by atoms with Crippen molar-refractivity contribution < 1.29 is 55.0 Å². The van der Waals surface area contributed by atoms with Gasteiger partial charge in [0.15, 0.2) is 34.5 Å². The van der Waals surface area contributed by atoms with Crippen LogP contribution in [0.3, 0.4) is 0 Å². The maximum absolute atomic E-state index is 13.6. The Kier molecular flexibility index (Phi) is 24.4. The summed E-state index contributed by atoms with van der Waals surface area (Å²) in [7, 11) is 14.5. The zero-order valence-electron chi connectivity index (χ0n) is 68.0. The molecule has 0 saturated carbocycles. The molecule has 7 aromatic heterocycles. The van der Waals surface area contributed by atoms with Crippen LogP contribution in [0.4, 0.5) is 116 Å². The molecule has 4 saturated heterocycles. The molecule has 2 aromatic carbocycles. The zero-order chi connectivity index (χ0) is 84.1. The lowest BCUT2D eigenvalue weighted by atomic mass is 10.0. The van der Waals surface area contributed by atoms with E-state index in [4.69, 9.17) is 14.5 Å². The molecule has 32 nitrogen and oxygen atoms in total. The van der Waals surface area contributed by atoms with Gasteiger partial charge in [-0.15, -0.1) is 34.0 Å². The van der Waals surface area contributed by atoms with E-state index >= 15 is 0 Å². The number of rotatable bonds is 15. The number of hydrogen-bond donors (Lipinski definition) is 3. The number of hydrogen-bond acceptors (Lipinski definition) is 30. The Labute approximate surface area is 690 Å². The number of piperidine rings is 2. The van der Waals surface area contributed by atoms with Crippen LogP contribution < -0.4 is 59.7 Å². The molecule has 0 aliphatic carbocycles. The van der Waals surface area contributed by atoms with Gasteiger partial charge in [-0.05, 0) is 112 Å². The first-order valence-electron chi connectivity index (χ1n) is 38.6. The third-order valence-corrected chi connectivity index (χ3v) is 25.0. The minimum atomic E-state index is -4.66. The first-order chi connectivity index (χ1) is 56.2. The van der Waals surface area contributed by atoms with Crippen LogP contribution in [0, 0.1) is 27.7 Å². The van der Waals surface area contributed by atoms with Gasteiger partial charge in [0.25, 0.3) is 23.6 Å². The Hall–Kier alpha value is -10.7. The van der Waals surface area contributed by atoms with Crippen molar-refractivity contribution in [3.8, 4) is 11.5 Å². The number of carbonyl (C=O) groups is 4. The van der Waals surface area contributed by atoms with Crippen LogP contribution in [-0.2, 0) is 7.05 Å². The minimum Gasteiger partial charge on any atom is -0.495 e. The molecule has 0 radical (unpaired) electrons. The number of aromatic nitrogens is 11. The Morgan fingerprint density at radius 1 is 0.500 bits per heavy atom. The summed E-state index contributed by atoms with van der Waals surface area (Å²) in [5.41, 5.74) is 5.24. The van der Waals surface area contributed by atoms with Gasteiger partial charge in [-0.3, -0.25) is 48.4 Å². The third kappa shape index (κ3) is 17.8. The standard InChI is InChI=1S/C30H36F3N9O3S.C30H41N9O2S.C17H17F3N8OS/c1-18-35-24-27(44)42(17-30(31,32)33)22-16-34-29(37-25(22)39(3)28(24)46-18)36-21-6-5-19(15-23(21)45-4)26(43)41-9-7-20(8-10-41)40-13-11-38(2)12-14-40;1-19(2)39-24-18-31-30(34-27(24)36(5)29-26(28(39)40)32-20(3)42-29)33-21-7-8-23(25(17-21)41-6)38-11-9-22(10-12-38)37-15-13-35(4)14-16-37;1-8-10(5-22-27(8)4)24-16-21-6-11-13(25-16)26(3)15-12(23-9(2)30-15)14(29)28(11)7-17(18,19)20/h5-6,15-16,20H,7-14,17H2,1-4H3,(H,34,36,37);7-8,17-19,22H,9-16H2,1-6H3,(H,31,33,34);5-6H,7H2,1-4H3,(H,21,24,25). The van der Waals surface area contributed by atoms with Crippen molar-refractivity contribution >= 4 is 148 Å². The lowest BCUT2D eigenvalue weighted by molar-refractivity contribution is -0.119. The first-order valence-corrected chi connectivity index (χ1v) is 41.1. The van der Waals surface area contributed by atoms with E-state index in [9.17, 15) is 45.5 Å². The molecule has 41 heteroatoms. The third-order valence-electron chi connectivity index (χ3n) is 21.9. The molecule has 0 atom stereocenters. The van der Waals surface area contributed by atoms with Crippen molar-refractivity contribution in [3.63, 3.8) is 0 Å². The zero-order valence-corrected chi connectivity index (χ0v) is 70.4. The average molecular weight is 1690 g/mol. The van der Waals surface area contributed by atoms with Crippen molar-refractivity contribution in [2.75, 3.05) is 191 Å². The molecule has 0 bridgehead atoms. The lowest BCUT2D eigenvalue weighted by Gasteiger charge is -2.42. The number of fused-ring (bicyclic) bond motifs is 6. The van der Waals surface area contributed by atoms with Gasteiger partial charge in [-0.2, -0.15) is 46.4 Å². The molecular formula is C77H94F6N26O6S3. The number of alkyl halides is 6. The number of likely N-dealkylation sites (tertiary alicyclic amines) is 1. The summed E-state index contributed by atoms with van der Waals surface area (Å²) in [6.07, 6.45) is 0.646. The van der Waals surface area contributed by atoms with E-state index in [0.29, 0.717) is 101 Å². The number of piperazine rings is 2. The second-order valence-electron chi connectivity index (χ2n) is 30.2. The molecule has 16 rings (SSSR count). The molecule has 628 valence electrons. The number of methoxy groups -OCH3 is 2. The van der Waals surface area contributed by atoms with Crippen LogP contribution in [0.15, 0.2) is 61.2 Å². The van der Waals surface area contributed by atoms with E-state index in [1.54, 1.807) is 92.1 Å². The number of nitrogens with zero attached hydrogens (tertiary/aromatic N) is 23. The lowest BCUT2D eigenvalue weighted by Crippen LogP contribution is -2.52. The highest BCUT2D eigenvalue weighted by Crippen LogP contribution is 2.47. The maximum Gasteiger partial charge on any atom is 0.406 e. The number of halogens is 6. The van der Waals surface area contributed by atoms with E-state index in [0.717, 1.165) is 98.0 Å². The SMILES string of the molecule is COc1cc(C(=O)N2CCC(N3CCN(C)CC3)CC2)ccc1Nc1ncc2c(n1)N(C)c1sc(C)nc1C(=O)N2CC(F)(F)F.COc1cc(Nc2ncc3c(n2)N(C)c2sc(C)nc2C(=O)N3C(C)C)ccc1N1CCC(N2CCN(C)CC2)CC1.Cc1nc2c(s1)N(C)c1nc(Nc3cnn(C)c3C)ncc1N(CC(F)(F)F)C2=O. The van der Waals surface area contributed by atoms with Crippen molar-refractivity contribution in [1.82, 2.24) is 79.1 Å². The second-order valence-corrected chi connectivity index (χ2v) is 33.7. The molecule has 9 aromatic rings. The summed E-state index contributed by atoms with van der Waals surface area (Å²) >= 11 is 3.88. The fraction of sp³-hybridized carbons (Fsp3) is 0.481. The van der Waals surface area contributed by atoms with Crippen LogP contribution in [0.25, 0.3) is 0 Å². The van der Waals surface area contributed by atoms with Crippen molar-refractivity contribution in [2.24, 2.45) is 7.05 Å². The molecular weight excluding hydrogens is 1600 g/mol. The molecule has 14 heterocycles. The van der Waals surface area contributed by atoms with E-state index in [2.05, 4.69) is 112 Å². The monoisotopic (exact) mass is 1690 g/mol. The Morgan fingerprint density at radius 3 is 1.37 bits per heavy atom. The number of nitrogens with one attached hydrogen (secondary N) is 3. The number of ether oxygens (including phenoxy) is 2. The average Bonchev–Trinajstić information content (AvgIpc) is 1.59. The summed E-state index contributed by atoms with van der Waals surface area (Å²) in [5.74, 6) is 0.873. The van der Waals surface area contributed by atoms with Gasteiger partial charge < -0.3 is 59.7 Å². The van der Waals surface area contributed by atoms with E-state index in [1.165, 1.54) is 79.4 Å². The fourth-order valence-electron chi connectivity index (χ4n) is 15.5. The predicted octanol–water partition coefficient (Wildman–Crippen LogP) is 11.8. The van der Waals surface area contributed by atoms with Crippen LogP contribution in [0.2, 0.25) is 0 Å². The van der Waals surface area contributed by atoms with Gasteiger partial charge in [0.1, 0.15) is 56.7 Å². The molecule has 4 fully saturated rings. The number of thiazole rings is 3. The molecule has 4 amide bonds. The number of carbonyl (C=O) groups excluding carboxylic acids is 4. The van der Waals surface area contributed by atoms with Crippen LogP contribution in [0.1, 0.15) is 102 Å². The normalized spacial score (nSPS) is 17.3. The smallest absolute Gasteiger partial charge is 0.406 e. The Morgan fingerprint density at radius 2 is 0.932 bits per heavy atom. The van der Waals surface area contributed by atoms with E-state index < -0.39 is 37.3 Å². The summed E-state index contributed by atoms with van der Waals surface area (Å²) in [4.78, 5) is 115. The van der Waals surface area contributed by atoms with Gasteiger partial charge in [0, 0.05) is 142 Å². The van der Waals surface area contributed by atoms with Crippen LogP contribution in [-0.4, -0.2) is 274 Å². The van der Waals surface area contributed by atoms with Crippen LogP contribution in [0.5, 0.6) is 11.5 Å². The first kappa shape index (κ1) is 83.8. The maximum atomic E-state index is 13.6. The fourth-order valence-corrected chi connectivity index (χ4v) is 18.1. The molecule has 0 unspecified atom stereocenters. The van der Waals surface area contributed by atoms with E-state index in [1.807, 2.05) is 50.6 Å². The highest BCUT2D eigenvalue weighted by Gasteiger charge is 2.44. The molecule has 118 heavy (non-hydrogen) atoms. The van der Waals surface area contributed by atoms with Crippen molar-refractivity contribution in [2.45, 2.75) is 97.7 Å². The number of likely N-dealkylation sites (N-methyl/N-ethyl adjacent to an activating group) is 2. The van der Waals surface area contributed by atoms with Gasteiger partial charge in [-0.25, -0.2) is 29.9 Å². The van der Waals surface area contributed by atoms with Gasteiger partial charge in [0.2, 0.25) is 17.8 Å². The minimum absolute atomic E-state index is 0.0418. The van der Waals surface area contributed by atoms with Crippen molar-refractivity contribution in [3.05, 3.63) is 105 Å². The quantitative estimate of drug-likeness (QED) is 0.0803. The van der Waals surface area contributed by atoms with Crippen LogP contribution >= 0.6 is 34.0 Å². The van der Waals surface area contributed by atoms with E-state index in [-0.39, 0.29) is 64.2 Å². The highest BCUT2D eigenvalue weighted by atomic mass is 32.1. The summed E-state index contributed by atoms with van der Waals surface area (Å²) < 4.78 is 93.5. The molecule has 0 spiro atoms. The van der Waals surface area contributed by atoms with Gasteiger partial charge >= 0.3 is 12.4 Å². The topological polar surface area (TPSA) is 296 Å². The predicted molar refractivity (Wildman–Crippen MR) is 444 cm³/mol. The largest absolute Gasteiger partial charge is 0.495 e. The number of aryl methyl sites for hydroxylation is 4. The number of anilines is 16. The Balaban J connectivity index is 0.000000149. The highest BCUT2D eigenvalue weighted by molar-refractivity contribution is 7.17. The summed E-state index contributed by atoms with van der Waals surface area (Å²) in [5, 5.41) is 17.1. The van der Waals surface area contributed by atoms with Gasteiger partial charge in [-0.1, -0.05) is 0 Å². The Bertz CT molecular complexity index is 5200. The second kappa shape index (κ2) is 34.3. The molecule has 7 aliphatic rings. The van der Waals surface area contributed by atoms with Gasteiger partial charge in [0.05, 0.1) is 76.8 Å². The number of benzene rings is 2. The summed E-state index contributed by atoms with van der Waals surface area (Å²) in [6, 6.07) is 12.3. The molecule has 3 N–H and O–H groups in total. The number of amides is 4. The van der Waals surface area contributed by atoms with Crippen molar-refractivity contribution in [1.29, 1.82) is 0 Å².